The van der Waals surface area contributed by atoms with Crippen molar-refractivity contribution in [3.63, 3.8) is 0 Å². The molecule has 1 aliphatic heterocycles. The molecule has 0 saturated carbocycles. The first kappa shape index (κ1) is 16.1. The van der Waals surface area contributed by atoms with E-state index < -0.39 is 16.1 Å². The maximum Gasteiger partial charge on any atom is 0.268 e. The van der Waals surface area contributed by atoms with Crippen molar-refractivity contribution in [3.05, 3.63) is 53.1 Å². The maximum atomic E-state index is 13.1. The molecule has 0 aliphatic carbocycles. The smallest absolute Gasteiger partial charge is 0.268 e. The molecule has 0 aromatic heterocycles. The lowest BCUT2D eigenvalue weighted by Crippen LogP contribution is -2.36. The third-order valence-corrected chi connectivity index (χ3v) is 5.93. The van der Waals surface area contributed by atoms with Crippen LogP contribution in [0.2, 0.25) is 5.02 Å². The van der Waals surface area contributed by atoms with Gasteiger partial charge < -0.3 is 9.84 Å². The van der Waals surface area contributed by atoms with E-state index in [1.165, 1.54) is 23.5 Å². The second-order valence-corrected chi connectivity index (χ2v) is 7.50. The van der Waals surface area contributed by atoms with Crippen molar-refractivity contribution in [2.45, 2.75) is 17.4 Å². The van der Waals surface area contributed by atoms with Crippen LogP contribution in [0.15, 0.2) is 47.4 Å². The summed E-state index contributed by atoms with van der Waals surface area (Å²) in [5, 5.41) is 10.4. The molecule has 1 N–H and O–H groups in total. The zero-order chi connectivity index (χ0) is 16.6. The fraction of sp³-hybridized carbons (Fsp3) is 0.250. The summed E-state index contributed by atoms with van der Waals surface area (Å²) in [5.41, 5.74) is 1.08. The molecule has 5 nitrogen and oxygen atoms in total. The predicted octanol–water partition coefficient (Wildman–Crippen LogP) is 2.98. The summed E-state index contributed by atoms with van der Waals surface area (Å²) >= 11 is 5.96. The molecule has 0 saturated heterocycles. The van der Waals surface area contributed by atoms with Crippen LogP contribution >= 0.6 is 11.6 Å². The number of nitrogens with zero attached hydrogens (tertiary/aromatic N) is 1. The van der Waals surface area contributed by atoms with Crippen LogP contribution < -0.4 is 9.04 Å². The SMILES string of the molecule is COc1ccc(Cl)cc1S(=O)(=O)N1CCC(O)c2ccccc21. The number of fused-ring (bicyclic) bond motifs is 1. The number of ether oxygens (including phenoxy) is 1. The van der Waals surface area contributed by atoms with Gasteiger partial charge in [0.15, 0.2) is 0 Å². The van der Waals surface area contributed by atoms with Crippen molar-refractivity contribution in [1.29, 1.82) is 0 Å². The van der Waals surface area contributed by atoms with E-state index in [2.05, 4.69) is 0 Å². The van der Waals surface area contributed by atoms with Gasteiger partial charge in [-0.15, -0.1) is 0 Å². The Morgan fingerprint density at radius 1 is 1.26 bits per heavy atom. The van der Waals surface area contributed by atoms with Crippen molar-refractivity contribution in [2.24, 2.45) is 0 Å². The normalized spacial score (nSPS) is 17.7. The minimum Gasteiger partial charge on any atom is -0.495 e. The molecular weight excluding hydrogens is 338 g/mol. The molecule has 122 valence electrons. The fourth-order valence-corrected chi connectivity index (χ4v) is 4.66. The van der Waals surface area contributed by atoms with Crippen LogP contribution in [0.1, 0.15) is 18.1 Å². The van der Waals surface area contributed by atoms with Gasteiger partial charge in [-0.25, -0.2) is 8.42 Å². The highest BCUT2D eigenvalue weighted by Crippen LogP contribution is 2.39. The van der Waals surface area contributed by atoms with Crippen LogP contribution in [0.3, 0.4) is 0 Å². The number of anilines is 1. The van der Waals surface area contributed by atoms with Crippen LogP contribution in [-0.4, -0.2) is 27.2 Å². The summed E-state index contributed by atoms with van der Waals surface area (Å²) in [6.07, 6.45) is -0.335. The van der Waals surface area contributed by atoms with Gasteiger partial charge in [0.25, 0.3) is 10.0 Å². The molecule has 0 radical (unpaired) electrons. The topological polar surface area (TPSA) is 66.8 Å². The molecule has 7 heteroatoms. The average molecular weight is 354 g/mol. The number of aliphatic hydroxyl groups is 1. The third-order valence-electron chi connectivity index (χ3n) is 3.86. The summed E-state index contributed by atoms with van der Waals surface area (Å²) < 4.78 is 32.7. The number of aliphatic hydroxyl groups excluding tert-OH is 1. The van der Waals surface area contributed by atoms with E-state index in [0.29, 0.717) is 22.7 Å². The first-order chi connectivity index (χ1) is 10.9. The monoisotopic (exact) mass is 353 g/mol. The third kappa shape index (κ3) is 2.78. The Morgan fingerprint density at radius 3 is 2.74 bits per heavy atom. The molecule has 23 heavy (non-hydrogen) atoms. The van der Waals surface area contributed by atoms with Gasteiger partial charge in [0.05, 0.1) is 18.9 Å². The Hall–Kier alpha value is -1.76. The van der Waals surface area contributed by atoms with E-state index in [0.717, 1.165) is 0 Å². The molecular formula is C16H16ClNO4S. The molecule has 0 fully saturated rings. The van der Waals surface area contributed by atoms with Crippen molar-refractivity contribution < 1.29 is 18.3 Å². The lowest BCUT2D eigenvalue weighted by Gasteiger charge is -2.33. The lowest BCUT2D eigenvalue weighted by atomic mass is 10.0. The van der Waals surface area contributed by atoms with Crippen molar-refractivity contribution in [2.75, 3.05) is 18.0 Å². The summed E-state index contributed by atoms with van der Waals surface area (Å²) in [6.45, 7) is 0.191. The summed E-state index contributed by atoms with van der Waals surface area (Å²) in [4.78, 5) is 0.0127. The zero-order valence-corrected chi connectivity index (χ0v) is 14.0. The van der Waals surface area contributed by atoms with Crippen LogP contribution in [0.5, 0.6) is 5.75 Å². The fourth-order valence-electron chi connectivity index (χ4n) is 2.73. The van der Waals surface area contributed by atoms with Crippen LogP contribution in [0, 0.1) is 0 Å². The molecule has 2 aromatic carbocycles. The van der Waals surface area contributed by atoms with Gasteiger partial charge in [-0.2, -0.15) is 0 Å². The number of benzene rings is 2. The summed E-state index contributed by atoms with van der Waals surface area (Å²) in [6, 6.07) is 11.4. The largest absolute Gasteiger partial charge is 0.495 e. The number of sulfonamides is 1. The molecule has 0 amide bonds. The number of para-hydroxylation sites is 1. The number of hydrogen-bond acceptors (Lipinski definition) is 4. The average Bonchev–Trinajstić information content (AvgIpc) is 2.55. The second kappa shape index (κ2) is 6.03. The number of rotatable bonds is 3. The van der Waals surface area contributed by atoms with Gasteiger partial charge in [-0.1, -0.05) is 29.8 Å². The lowest BCUT2D eigenvalue weighted by molar-refractivity contribution is 0.166. The molecule has 0 bridgehead atoms. The van der Waals surface area contributed by atoms with Crippen molar-refractivity contribution >= 4 is 27.3 Å². The maximum absolute atomic E-state index is 13.1. The van der Waals surface area contributed by atoms with Gasteiger partial charge in [-0.3, -0.25) is 4.31 Å². The van der Waals surface area contributed by atoms with E-state index in [-0.39, 0.29) is 17.2 Å². The standard InChI is InChI=1S/C16H16ClNO4S/c1-22-15-7-6-11(17)10-16(15)23(20,21)18-9-8-14(19)12-4-2-3-5-13(12)18/h2-7,10,14,19H,8-9H2,1H3. The molecule has 1 atom stereocenters. The molecule has 1 aliphatic rings. The van der Waals surface area contributed by atoms with E-state index in [9.17, 15) is 13.5 Å². The summed E-state index contributed by atoms with van der Waals surface area (Å²) in [5.74, 6) is 0.234. The Labute approximate surface area is 140 Å². The molecule has 3 rings (SSSR count). The summed E-state index contributed by atoms with van der Waals surface area (Å²) in [7, 11) is -2.44. The highest BCUT2D eigenvalue weighted by Gasteiger charge is 2.34. The predicted molar refractivity (Wildman–Crippen MR) is 88.6 cm³/mol. The minimum absolute atomic E-state index is 0.0127. The van der Waals surface area contributed by atoms with Gasteiger partial charge in [0, 0.05) is 17.1 Å². The van der Waals surface area contributed by atoms with E-state index in [4.69, 9.17) is 16.3 Å². The molecule has 1 heterocycles. The van der Waals surface area contributed by atoms with Gasteiger partial charge in [0.1, 0.15) is 10.6 Å². The minimum atomic E-state index is -3.85. The van der Waals surface area contributed by atoms with E-state index in [1.807, 2.05) is 0 Å². The first-order valence-electron chi connectivity index (χ1n) is 7.08. The molecule has 1 unspecified atom stereocenters. The Balaban J connectivity index is 2.15. The Kier molecular flexibility index (Phi) is 4.23. The number of halogens is 1. The molecule has 2 aromatic rings. The van der Waals surface area contributed by atoms with Crippen molar-refractivity contribution in [1.82, 2.24) is 0 Å². The van der Waals surface area contributed by atoms with E-state index >= 15 is 0 Å². The second-order valence-electron chi connectivity index (χ2n) is 5.24. The van der Waals surface area contributed by atoms with Gasteiger partial charge in [0.2, 0.25) is 0 Å². The van der Waals surface area contributed by atoms with Crippen molar-refractivity contribution in [3.8, 4) is 5.75 Å². The van der Waals surface area contributed by atoms with Crippen LogP contribution in [0.4, 0.5) is 5.69 Å². The number of hydrogen-bond donors (Lipinski definition) is 1. The van der Waals surface area contributed by atoms with Gasteiger partial charge >= 0.3 is 0 Å². The highest BCUT2D eigenvalue weighted by molar-refractivity contribution is 7.93. The Morgan fingerprint density at radius 2 is 2.00 bits per heavy atom. The van der Waals surface area contributed by atoms with Crippen LogP contribution in [-0.2, 0) is 10.0 Å². The van der Waals surface area contributed by atoms with Crippen LogP contribution in [0.25, 0.3) is 0 Å². The highest BCUT2D eigenvalue weighted by atomic mass is 35.5. The first-order valence-corrected chi connectivity index (χ1v) is 8.90. The quantitative estimate of drug-likeness (QED) is 0.921. The number of methoxy groups -OCH3 is 1. The van der Waals surface area contributed by atoms with Gasteiger partial charge in [-0.05, 0) is 30.7 Å². The zero-order valence-electron chi connectivity index (χ0n) is 12.4. The Bertz CT molecular complexity index is 838. The molecule has 0 spiro atoms. The van der Waals surface area contributed by atoms with E-state index in [1.54, 1.807) is 30.3 Å².